The molecule has 3 nitrogen and oxygen atoms in total. The van der Waals surface area contributed by atoms with Crippen LogP contribution in [-0.4, -0.2) is 39.5 Å². The van der Waals surface area contributed by atoms with Crippen molar-refractivity contribution < 1.29 is 22.1 Å². The van der Waals surface area contributed by atoms with Crippen molar-refractivity contribution in [2.24, 2.45) is 0 Å². The van der Waals surface area contributed by atoms with Gasteiger partial charge in [0.15, 0.2) is 0 Å². The van der Waals surface area contributed by atoms with Gasteiger partial charge in [0, 0.05) is 0 Å². The second kappa shape index (κ2) is 43.0. The first-order chi connectivity index (χ1) is 22.7. The van der Waals surface area contributed by atoms with Gasteiger partial charge in [0.2, 0.25) is 0 Å². The molecule has 0 spiro atoms. The standard InChI is InChI=1S/2C16H34N.C10H21O.ClH.Ti/c2*1-3-5-7-9-11-13-15-17-16-14-12-10-8-6-4-2;1-2-3-4-5-6-7-8-9-10-11;;/h2*3-16H2,1-2H3;2-10H2,1H3;1H;/q3*-1;;+3. The zero-order valence-electron chi connectivity index (χ0n) is 33.4. The van der Waals surface area contributed by atoms with Gasteiger partial charge in [0.25, 0.3) is 0 Å². The average molecular weight is 723 g/mol. The van der Waals surface area contributed by atoms with Crippen molar-refractivity contribution in [3.63, 3.8) is 0 Å². The second-order valence-corrected chi connectivity index (χ2v) is 18.0. The maximum absolute atomic E-state index is 7.21. The molecule has 0 amide bonds. The van der Waals surface area contributed by atoms with Gasteiger partial charge in [-0.2, -0.15) is 0 Å². The Balaban J connectivity index is 0. The average Bonchev–Trinajstić information content (AvgIpc) is 3.07. The third-order valence-electron chi connectivity index (χ3n) is 9.90. The molecule has 47 heavy (non-hydrogen) atoms. The van der Waals surface area contributed by atoms with Crippen LogP contribution in [0.15, 0.2) is 0 Å². The summed E-state index contributed by atoms with van der Waals surface area (Å²) >= 11 is -1.99. The van der Waals surface area contributed by atoms with Gasteiger partial charge in [-0.25, -0.2) is 0 Å². The van der Waals surface area contributed by atoms with E-state index in [1.54, 1.807) is 0 Å². The quantitative estimate of drug-likeness (QED) is 0.0463. The zero-order valence-corrected chi connectivity index (χ0v) is 35.8. The van der Waals surface area contributed by atoms with E-state index in [0.29, 0.717) is 0 Å². The van der Waals surface area contributed by atoms with Crippen LogP contribution in [0.2, 0.25) is 0 Å². The molecule has 0 saturated heterocycles. The van der Waals surface area contributed by atoms with E-state index in [9.17, 15) is 0 Å². The Kier molecular flexibility index (Phi) is 45.8. The summed E-state index contributed by atoms with van der Waals surface area (Å²) in [6, 6.07) is 0. The van der Waals surface area contributed by atoms with Gasteiger partial charge in [-0.1, -0.05) is 0 Å². The second-order valence-electron chi connectivity index (χ2n) is 14.7. The molecule has 0 aliphatic carbocycles. The number of nitrogens with zero attached hydrogens (tertiary/aromatic N) is 2. The number of rotatable bonds is 40. The van der Waals surface area contributed by atoms with Crippen LogP contribution in [0.4, 0.5) is 0 Å². The summed E-state index contributed by atoms with van der Waals surface area (Å²) in [6.07, 6.45) is 44.6. The first-order valence-electron chi connectivity index (χ1n) is 21.7. The summed E-state index contributed by atoms with van der Waals surface area (Å²) in [5.41, 5.74) is 0. The molecule has 0 bridgehead atoms. The maximum Gasteiger partial charge on any atom is -0.147 e. The van der Waals surface area contributed by atoms with Crippen LogP contribution < -0.4 is 0 Å². The topological polar surface area (TPSA) is 15.7 Å². The Labute approximate surface area is 312 Å². The molecule has 0 rings (SSSR count). The Hall–Kier alpha value is 0.884. The van der Waals surface area contributed by atoms with Crippen LogP contribution >= 0.6 is 12.4 Å². The molecule has 0 radical (unpaired) electrons. The van der Waals surface area contributed by atoms with E-state index in [-0.39, 0.29) is 12.4 Å². The zero-order chi connectivity index (χ0) is 33.6. The first kappa shape index (κ1) is 50.0. The van der Waals surface area contributed by atoms with E-state index in [2.05, 4.69) is 41.4 Å². The molecule has 0 atom stereocenters. The van der Waals surface area contributed by atoms with Crippen LogP contribution in [0.25, 0.3) is 0 Å². The third kappa shape index (κ3) is 35.1. The summed E-state index contributed by atoms with van der Waals surface area (Å²) < 4.78 is 13.2. The van der Waals surface area contributed by atoms with Crippen LogP contribution in [0.3, 0.4) is 0 Å². The molecule has 0 aromatic heterocycles. The summed E-state index contributed by atoms with van der Waals surface area (Å²) in [4.78, 5) is 0. The van der Waals surface area contributed by atoms with Crippen molar-refractivity contribution in [1.82, 2.24) is 6.76 Å². The Morgan fingerprint density at radius 2 is 0.511 bits per heavy atom. The minimum Gasteiger partial charge on any atom is -0.147 e. The van der Waals surface area contributed by atoms with Gasteiger partial charge < -0.3 is 0 Å². The van der Waals surface area contributed by atoms with Crippen LogP contribution in [0.1, 0.15) is 240 Å². The summed E-state index contributed by atoms with van der Waals surface area (Å²) in [5, 5.41) is 0. The monoisotopic (exact) mass is 722 g/mol. The Bertz CT molecular complexity index is 487. The molecule has 0 aliphatic heterocycles. The van der Waals surface area contributed by atoms with Crippen molar-refractivity contribution in [1.29, 1.82) is 0 Å². The Morgan fingerprint density at radius 3 is 0.766 bits per heavy atom. The molecule has 0 heterocycles. The number of hydrogen-bond donors (Lipinski definition) is 0. The molecular formula is C42H90ClN2OTi. The molecule has 0 aromatic carbocycles. The van der Waals surface area contributed by atoms with Gasteiger partial charge >= 0.3 is 302 Å². The summed E-state index contributed by atoms with van der Waals surface area (Å²) in [7, 11) is 0. The molecule has 0 N–H and O–H groups in total. The smallest absolute Gasteiger partial charge is 0.147 e. The van der Waals surface area contributed by atoms with E-state index in [0.717, 1.165) is 6.61 Å². The fraction of sp³-hybridized carbons (Fsp3) is 1.00. The van der Waals surface area contributed by atoms with Crippen LogP contribution in [0, 0.1) is 0 Å². The molecule has 5 heteroatoms. The van der Waals surface area contributed by atoms with Crippen LogP contribution in [-0.2, 0) is 22.1 Å². The predicted molar refractivity (Wildman–Crippen MR) is 212 cm³/mol. The van der Waals surface area contributed by atoms with Gasteiger partial charge in [-0.05, 0) is 0 Å². The summed E-state index contributed by atoms with van der Waals surface area (Å²) in [6.45, 7) is 17.8. The third-order valence-corrected chi connectivity index (χ3v) is 13.7. The molecule has 0 fully saturated rings. The largest absolute Gasteiger partial charge is 0.147 e. The van der Waals surface area contributed by atoms with Crippen molar-refractivity contribution in [2.45, 2.75) is 240 Å². The predicted octanol–water partition coefficient (Wildman–Crippen LogP) is 15.0. The van der Waals surface area contributed by atoms with E-state index in [1.807, 2.05) is 0 Å². The fourth-order valence-corrected chi connectivity index (χ4v) is 10.6. The van der Waals surface area contributed by atoms with E-state index in [1.165, 1.54) is 232 Å². The van der Waals surface area contributed by atoms with Crippen molar-refractivity contribution >= 4 is 12.4 Å². The normalized spacial score (nSPS) is 11.6. The van der Waals surface area contributed by atoms with Gasteiger partial charge in [0.1, 0.15) is 0 Å². The van der Waals surface area contributed by atoms with E-state index >= 15 is 0 Å². The molecule has 0 saturated carbocycles. The molecule has 0 aliphatic rings. The SMILES string of the molecule is CCCCCCCCCC[O][Ti]([N](CCCCCCCC)CCCCCCCC)[N](CCCCCCCC)CCCCCCCC.Cl. The minimum atomic E-state index is -1.99. The van der Waals surface area contributed by atoms with Gasteiger partial charge in [0.05, 0.1) is 0 Å². The van der Waals surface area contributed by atoms with Crippen molar-refractivity contribution in [2.75, 3.05) is 32.8 Å². The fourth-order valence-electron chi connectivity index (χ4n) is 6.72. The molecular weight excluding hydrogens is 632 g/mol. The maximum atomic E-state index is 7.21. The van der Waals surface area contributed by atoms with Crippen LogP contribution in [0.5, 0.6) is 0 Å². The van der Waals surface area contributed by atoms with Crippen molar-refractivity contribution in [3.05, 3.63) is 0 Å². The molecule has 0 unspecified atom stereocenters. The Morgan fingerprint density at radius 1 is 0.298 bits per heavy atom. The van der Waals surface area contributed by atoms with Gasteiger partial charge in [-0.3, -0.25) is 0 Å². The van der Waals surface area contributed by atoms with E-state index in [4.69, 9.17) is 3.32 Å². The first-order valence-corrected chi connectivity index (χ1v) is 23.8. The molecule has 0 aromatic rings. The number of hydrogen-bond acceptors (Lipinski definition) is 3. The summed E-state index contributed by atoms with van der Waals surface area (Å²) in [5.74, 6) is 0. The number of halogens is 1. The number of unbranched alkanes of at least 4 members (excludes halogenated alkanes) is 27. The van der Waals surface area contributed by atoms with Gasteiger partial charge in [-0.15, -0.1) is 12.4 Å². The molecule has 285 valence electrons. The van der Waals surface area contributed by atoms with Crippen molar-refractivity contribution in [3.8, 4) is 0 Å². The van der Waals surface area contributed by atoms with E-state index < -0.39 is 18.8 Å². The minimum absolute atomic E-state index is 0.